The number of fused-ring (bicyclic) bond motifs is 1. The van der Waals surface area contributed by atoms with E-state index < -0.39 is 0 Å². The van der Waals surface area contributed by atoms with E-state index in [9.17, 15) is 4.39 Å². The van der Waals surface area contributed by atoms with Crippen molar-refractivity contribution in [1.29, 1.82) is 0 Å². The molecule has 0 aromatic heterocycles. The van der Waals surface area contributed by atoms with Crippen molar-refractivity contribution in [3.8, 4) is 5.75 Å². The van der Waals surface area contributed by atoms with Gasteiger partial charge in [0.2, 0.25) is 0 Å². The maximum absolute atomic E-state index is 13.6. The molecule has 3 nitrogen and oxygen atoms in total. The number of hydrogen-bond donors (Lipinski definition) is 2. The third kappa shape index (κ3) is 3.13. The van der Waals surface area contributed by atoms with E-state index in [1.807, 2.05) is 24.3 Å². The number of rotatable bonds is 2. The number of anilines is 1. The first kappa shape index (κ1) is 13.8. The smallest absolute Gasteiger partial charge is 0.171 e. The Morgan fingerprint density at radius 2 is 1.90 bits per heavy atom. The molecule has 2 aromatic rings. The SMILES string of the molecule is Fc1ccccc1NC(=S)N[C@H]1CCOc2ccccc21. The van der Waals surface area contributed by atoms with Crippen LogP contribution in [-0.4, -0.2) is 11.7 Å². The quantitative estimate of drug-likeness (QED) is 0.830. The normalized spacial score (nSPS) is 16.5. The predicted molar refractivity (Wildman–Crippen MR) is 85.1 cm³/mol. The Bertz CT molecular complexity index is 662. The number of nitrogens with one attached hydrogen (secondary N) is 2. The highest BCUT2D eigenvalue weighted by atomic mass is 32.1. The predicted octanol–water partition coefficient (Wildman–Crippen LogP) is 3.64. The highest BCUT2D eigenvalue weighted by molar-refractivity contribution is 7.80. The Morgan fingerprint density at radius 1 is 1.14 bits per heavy atom. The van der Waals surface area contributed by atoms with Crippen molar-refractivity contribution in [3.63, 3.8) is 0 Å². The largest absolute Gasteiger partial charge is 0.493 e. The first-order valence-electron chi connectivity index (χ1n) is 6.78. The van der Waals surface area contributed by atoms with Crippen LogP contribution in [0.25, 0.3) is 0 Å². The lowest BCUT2D eigenvalue weighted by atomic mass is 10.0. The van der Waals surface area contributed by atoms with E-state index in [1.54, 1.807) is 18.2 Å². The summed E-state index contributed by atoms with van der Waals surface area (Å²) in [7, 11) is 0. The molecule has 1 aliphatic rings. The number of hydrogen-bond acceptors (Lipinski definition) is 2. The molecule has 0 aliphatic carbocycles. The monoisotopic (exact) mass is 302 g/mol. The number of benzene rings is 2. The van der Waals surface area contributed by atoms with Crippen LogP contribution in [0.1, 0.15) is 18.0 Å². The molecule has 0 spiro atoms. The summed E-state index contributed by atoms with van der Waals surface area (Å²) in [5.41, 5.74) is 1.44. The highest BCUT2D eigenvalue weighted by Crippen LogP contribution is 2.31. The number of ether oxygens (including phenoxy) is 1. The van der Waals surface area contributed by atoms with Crippen LogP contribution in [0.5, 0.6) is 5.75 Å². The minimum atomic E-state index is -0.325. The van der Waals surface area contributed by atoms with Crippen molar-refractivity contribution < 1.29 is 9.13 Å². The van der Waals surface area contributed by atoms with Gasteiger partial charge in [-0.25, -0.2) is 4.39 Å². The zero-order chi connectivity index (χ0) is 14.7. The van der Waals surface area contributed by atoms with Crippen LogP contribution in [0.4, 0.5) is 10.1 Å². The molecule has 0 saturated heterocycles. The average Bonchev–Trinajstić information content (AvgIpc) is 2.50. The van der Waals surface area contributed by atoms with Crippen molar-refractivity contribution in [2.45, 2.75) is 12.5 Å². The van der Waals surface area contributed by atoms with Crippen LogP contribution in [0, 0.1) is 5.82 Å². The lowest BCUT2D eigenvalue weighted by Crippen LogP contribution is -2.35. The van der Waals surface area contributed by atoms with Crippen LogP contribution >= 0.6 is 12.2 Å². The van der Waals surface area contributed by atoms with Crippen molar-refractivity contribution in [2.75, 3.05) is 11.9 Å². The fraction of sp³-hybridized carbons (Fsp3) is 0.188. The molecule has 1 aliphatic heterocycles. The third-order valence-corrected chi connectivity index (χ3v) is 3.61. The van der Waals surface area contributed by atoms with E-state index in [4.69, 9.17) is 17.0 Å². The highest BCUT2D eigenvalue weighted by Gasteiger charge is 2.21. The molecular formula is C16H15FN2OS. The molecule has 3 rings (SSSR count). The Balaban J connectivity index is 1.70. The van der Waals surface area contributed by atoms with E-state index in [0.717, 1.165) is 17.7 Å². The van der Waals surface area contributed by atoms with Gasteiger partial charge in [0.1, 0.15) is 11.6 Å². The summed E-state index contributed by atoms with van der Waals surface area (Å²) < 4.78 is 19.2. The van der Waals surface area contributed by atoms with Crippen LogP contribution in [-0.2, 0) is 0 Å². The summed E-state index contributed by atoms with van der Waals surface area (Å²) in [4.78, 5) is 0. The molecule has 1 atom stereocenters. The molecule has 0 fully saturated rings. The number of halogens is 1. The summed E-state index contributed by atoms with van der Waals surface area (Å²) in [5, 5.41) is 6.52. The van der Waals surface area contributed by atoms with E-state index >= 15 is 0 Å². The second-order valence-electron chi connectivity index (χ2n) is 4.81. The van der Waals surface area contributed by atoms with Gasteiger partial charge in [0, 0.05) is 12.0 Å². The molecule has 21 heavy (non-hydrogen) atoms. The molecule has 0 bridgehead atoms. The van der Waals surface area contributed by atoms with E-state index in [0.29, 0.717) is 17.4 Å². The summed E-state index contributed by atoms with van der Waals surface area (Å²) in [5.74, 6) is 0.545. The molecule has 2 N–H and O–H groups in total. The first-order chi connectivity index (χ1) is 10.2. The Morgan fingerprint density at radius 3 is 2.76 bits per heavy atom. The lowest BCUT2D eigenvalue weighted by Gasteiger charge is -2.27. The molecule has 0 saturated carbocycles. The van der Waals surface area contributed by atoms with Gasteiger partial charge in [0.05, 0.1) is 18.3 Å². The second-order valence-corrected chi connectivity index (χ2v) is 5.21. The van der Waals surface area contributed by atoms with E-state index in [2.05, 4.69) is 10.6 Å². The summed E-state index contributed by atoms with van der Waals surface area (Å²) in [6, 6.07) is 14.4. The Labute approximate surface area is 128 Å². The standard InChI is InChI=1S/C16H15FN2OS/c17-12-6-2-3-7-14(12)19-16(21)18-13-9-10-20-15-8-4-1-5-11(13)15/h1-8,13H,9-10H2,(H2,18,19,21)/t13-/m0/s1. The molecule has 0 amide bonds. The lowest BCUT2D eigenvalue weighted by molar-refractivity contribution is 0.262. The molecule has 0 radical (unpaired) electrons. The molecule has 2 aromatic carbocycles. The average molecular weight is 302 g/mol. The minimum Gasteiger partial charge on any atom is -0.493 e. The summed E-state index contributed by atoms with van der Waals surface area (Å²) in [6.07, 6.45) is 0.816. The fourth-order valence-electron chi connectivity index (χ4n) is 2.37. The Hall–Kier alpha value is -2.14. The number of para-hydroxylation sites is 2. The molecule has 1 heterocycles. The van der Waals surface area contributed by atoms with Crippen molar-refractivity contribution in [3.05, 3.63) is 59.9 Å². The minimum absolute atomic E-state index is 0.0710. The maximum atomic E-state index is 13.6. The molecular weight excluding hydrogens is 287 g/mol. The summed E-state index contributed by atoms with van der Waals surface area (Å²) in [6.45, 7) is 0.636. The van der Waals surface area contributed by atoms with Gasteiger partial charge in [0.25, 0.3) is 0 Å². The van der Waals surface area contributed by atoms with Gasteiger partial charge in [0.15, 0.2) is 5.11 Å². The zero-order valence-corrected chi connectivity index (χ0v) is 12.1. The van der Waals surface area contributed by atoms with E-state index in [-0.39, 0.29) is 11.9 Å². The summed E-state index contributed by atoms with van der Waals surface area (Å²) >= 11 is 5.28. The maximum Gasteiger partial charge on any atom is 0.171 e. The van der Waals surface area contributed by atoms with Gasteiger partial charge in [-0.1, -0.05) is 30.3 Å². The van der Waals surface area contributed by atoms with Gasteiger partial charge in [-0.3, -0.25) is 0 Å². The fourth-order valence-corrected chi connectivity index (χ4v) is 2.62. The second kappa shape index (κ2) is 6.10. The third-order valence-electron chi connectivity index (χ3n) is 3.39. The topological polar surface area (TPSA) is 33.3 Å². The van der Waals surface area contributed by atoms with Crippen LogP contribution in [0.2, 0.25) is 0 Å². The van der Waals surface area contributed by atoms with Crippen LogP contribution in [0.3, 0.4) is 0 Å². The van der Waals surface area contributed by atoms with Crippen LogP contribution in [0.15, 0.2) is 48.5 Å². The van der Waals surface area contributed by atoms with Gasteiger partial charge in [-0.2, -0.15) is 0 Å². The van der Waals surface area contributed by atoms with Gasteiger partial charge >= 0.3 is 0 Å². The molecule has 0 unspecified atom stereocenters. The Kier molecular flexibility index (Phi) is 4.01. The van der Waals surface area contributed by atoms with Crippen molar-refractivity contribution >= 4 is 23.0 Å². The van der Waals surface area contributed by atoms with Gasteiger partial charge < -0.3 is 15.4 Å². The van der Waals surface area contributed by atoms with Crippen LogP contribution < -0.4 is 15.4 Å². The zero-order valence-electron chi connectivity index (χ0n) is 11.3. The first-order valence-corrected chi connectivity index (χ1v) is 7.18. The van der Waals surface area contributed by atoms with Gasteiger partial charge in [-0.05, 0) is 30.4 Å². The molecule has 5 heteroatoms. The van der Waals surface area contributed by atoms with Crippen molar-refractivity contribution in [2.24, 2.45) is 0 Å². The molecule has 108 valence electrons. The van der Waals surface area contributed by atoms with E-state index in [1.165, 1.54) is 6.07 Å². The number of thiocarbonyl (C=S) groups is 1. The van der Waals surface area contributed by atoms with Gasteiger partial charge in [-0.15, -0.1) is 0 Å². The van der Waals surface area contributed by atoms with Crippen molar-refractivity contribution in [1.82, 2.24) is 5.32 Å².